The van der Waals surface area contributed by atoms with E-state index in [-0.39, 0.29) is 17.6 Å². The minimum absolute atomic E-state index is 0.0523. The lowest BCUT2D eigenvalue weighted by molar-refractivity contribution is 0.00195. The molecule has 8 heteroatoms. The summed E-state index contributed by atoms with van der Waals surface area (Å²) in [7, 11) is 0. The van der Waals surface area contributed by atoms with Crippen LogP contribution >= 0.6 is 0 Å². The van der Waals surface area contributed by atoms with Gasteiger partial charge in [0, 0.05) is 37.9 Å². The molecule has 3 aliphatic rings. The molecule has 5 heterocycles. The van der Waals surface area contributed by atoms with Crippen molar-refractivity contribution in [3.05, 3.63) is 35.8 Å². The number of fused-ring (bicyclic) bond motifs is 1. The summed E-state index contributed by atoms with van der Waals surface area (Å²) in [5.74, 6) is 2.52. The summed E-state index contributed by atoms with van der Waals surface area (Å²) in [6.45, 7) is 5.39. The fourth-order valence-corrected chi connectivity index (χ4v) is 5.16. The van der Waals surface area contributed by atoms with Gasteiger partial charge in [0.25, 0.3) is 5.91 Å². The van der Waals surface area contributed by atoms with Crippen molar-refractivity contribution < 1.29 is 13.9 Å². The zero-order valence-electron chi connectivity index (χ0n) is 15.5. The number of nitrogens with one attached hydrogen (secondary N) is 2. The molecule has 2 aromatic rings. The molecule has 2 bridgehead atoms. The molecule has 2 aromatic heterocycles. The Kier molecular flexibility index (Phi) is 4.05. The quantitative estimate of drug-likeness (QED) is 0.796. The van der Waals surface area contributed by atoms with E-state index in [2.05, 4.69) is 32.3 Å². The highest BCUT2D eigenvalue weighted by Crippen LogP contribution is 2.54. The summed E-state index contributed by atoms with van der Waals surface area (Å²) in [6, 6.07) is 1.69. The molecule has 1 amide bonds. The third-order valence-corrected chi connectivity index (χ3v) is 6.40. The third-order valence-electron chi connectivity index (χ3n) is 6.40. The molecule has 144 valence electrons. The Hall–Kier alpha value is -2.19. The summed E-state index contributed by atoms with van der Waals surface area (Å²) in [5.41, 5.74) is 0.516. The molecule has 0 unspecified atom stereocenters. The fourth-order valence-electron chi connectivity index (χ4n) is 5.16. The molecule has 4 atom stereocenters. The monoisotopic (exact) mass is 371 g/mol. The van der Waals surface area contributed by atoms with E-state index in [0.29, 0.717) is 23.9 Å². The summed E-state index contributed by atoms with van der Waals surface area (Å²) in [4.78, 5) is 19.2. The smallest absolute Gasteiger partial charge is 0.254 e. The Morgan fingerprint density at radius 3 is 3.22 bits per heavy atom. The number of ether oxygens (including phenoxy) is 1. The van der Waals surface area contributed by atoms with Gasteiger partial charge < -0.3 is 14.5 Å². The molecular formula is C19H25N5O3. The second kappa shape index (κ2) is 6.45. The number of carbonyl (C=O) groups is 1. The number of hydrogen-bond donors (Lipinski definition) is 2. The molecule has 8 nitrogen and oxygen atoms in total. The van der Waals surface area contributed by atoms with Crippen LogP contribution < -0.4 is 5.32 Å². The topological polar surface area (TPSA) is 96.3 Å². The number of furan rings is 1. The van der Waals surface area contributed by atoms with E-state index in [4.69, 9.17) is 9.15 Å². The molecule has 1 spiro atoms. The van der Waals surface area contributed by atoms with Gasteiger partial charge in [-0.1, -0.05) is 6.92 Å². The van der Waals surface area contributed by atoms with Crippen molar-refractivity contribution in [1.82, 2.24) is 25.4 Å². The van der Waals surface area contributed by atoms with Gasteiger partial charge in [-0.15, -0.1) is 0 Å². The third kappa shape index (κ3) is 2.87. The first-order valence-electron chi connectivity index (χ1n) is 9.77. The predicted octanol–water partition coefficient (Wildman–Crippen LogP) is 1.37. The van der Waals surface area contributed by atoms with E-state index in [0.717, 1.165) is 50.5 Å². The first kappa shape index (κ1) is 16.9. The van der Waals surface area contributed by atoms with Gasteiger partial charge in [-0.05, 0) is 18.9 Å². The molecule has 5 rings (SSSR count). The molecule has 0 aromatic carbocycles. The van der Waals surface area contributed by atoms with E-state index in [1.807, 2.05) is 0 Å². The van der Waals surface area contributed by atoms with Crippen LogP contribution in [-0.2, 0) is 17.7 Å². The minimum Gasteiger partial charge on any atom is -0.472 e. The van der Waals surface area contributed by atoms with Crippen LogP contribution in [0.4, 0.5) is 0 Å². The number of carbonyl (C=O) groups excluding carboxylic acids is 1. The van der Waals surface area contributed by atoms with Crippen molar-refractivity contribution in [2.75, 3.05) is 19.6 Å². The Balaban J connectivity index is 1.24. The predicted molar refractivity (Wildman–Crippen MR) is 95.9 cm³/mol. The number of aromatic amines is 1. The van der Waals surface area contributed by atoms with Crippen LogP contribution in [0.5, 0.6) is 0 Å². The Morgan fingerprint density at radius 1 is 1.52 bits per heavy atom. The average molecular weight is 371 g/mol. The molecule has 0 radical (unpaired) electrons. The second-order valence-electron chi connectivity index (χ2n) is 7.97. The van der Waals surface area contributed by atoms with Gasteiger partial charge in [-0.2, -0.15) is 5.10 Å². The molecule has 27 heavy (non-hydrogen) atoms. The van der Waals surface area contributed by atoms with Crippen molar-refractivity contribution in [2.45, 2.75) is 44.4 Å². The van der Waals surface area contributed by atoms with Crippen molar-refractivity contribution in [3.63, 3.8) is 0 Å². The maximum absolute atomic E-state index is 12.3. The van der Waals surface area contributed by atoms with E-state index >= 15 is 0 Å². The van der Waals surface area contributed by atoms with E-state index in [1.54, 1.807) is 6.07 Å². The van der Waals surface area contributed by atoms with Crippen LogP contribution in [0.25, 0.3) is 0 Å². The molecule has 0 saturated carbocycles. The number of nitrogens with zero attached hydrogens (tertiary/aromatic N) is 3. The van der Waals surface area contributed by atoms with Gasteiger partial charge >= 0.3 is 0 Å². The van der Waals surface area contributed by atoms with Crippen LogP contribution in [-0.4, -0.2) is 57.3 Å². The first-order valence-corrected chi connectivity index (χ1v) is 9.77. The highest BCUT2D eigenvalue weighted by Gasteiger charge is 2.62. The lowest BCUT2D eigenvalue weighted by Gasteiger charge is -2.29. The summed E-state index contributed by atoms with van der Waals surface area (Å²) in [5, 5.41) is 10.4. The average Bonchev–Trinajstić information content (AvgIpc) is 3.45. The normalized spacial score (nSPS) is 32.1. The minimum atomic E-state index is -0.0795. The van der Waals surface area contributed by atoms with Crippen LogP contribution in [0.3, 0.4) is 0 Å². The zero-order chi connectivity index (χ0) is 18.4. The number of hydrogen-bond acceptors (Lipinski definition) is 6. The summed E-state index contributed by atoms with van der Waals surface area (Å²) < 4.78 is 11.5. The number of amides is 1. The molecular weight excluding hydrogens is 346 g/mol. The van der Waals surface area contributed by atoms with E-state index < -0.39 is 0 Å². The number of rotatable bonds is 6. The Labute approximate surface area is 157 Å². The van der Waals surface area contributed by atoms with Crippen LogP contribution in [0.2, 0.25) is 0 Å². The van der Waals surface area contributed by atoms with Gasteiger partial charge in [0.15, 0.2) is 0 Å². The van der Waals surface area contributed by atoms with E-state index in [9.17, 15) is 4.79 Å². The molecule has 3 fully saturated rings. The summed E-state index contributed by atoms with van der Waals surface area (Å²) >= 11 is 0. The van der Waals surface area contributed by atoms with Crippen molar-refractivity contribution >= 4 is 5.91 Å². The second-order valence-corrected chi connectivity index (χ2v) is 7.97. The zero-order valence-corrected chi connectivity index (χ0v) is 15.5. The number of aromatic nitrogens is 3. The van der Waals surface area contributed by atoms with Gasteiger partial charge in [0.05, 0.1) is 30.1 Å². The van der Waals surface area contributed by atoms with Gasteiger partial charge in [0.2, 0.25) is 0 Å². The highest BCUT2D eigenvalue weighted by atomic mass is 16.5. The van der Waals surface area contributed by atoms with Gasteiger partial charge in [-0.3, -0.25) is 14.8 Å². The maximum atomic E-state index is 12.3. The lowest BCUT2D eigenvalue weighted by Crippen LogP contribution is -2.41. The van der Waals surface area contributed by atoms with E-state index in [1.165, 1.54) is 12.5 Å². The standard InChI is InChI=1S/C19H25N5O3/c1-2-16-21-17(23-22-16)9-24-8-14-13(15-3-5-19(14,11-24)27-15)7-20-18(25)12-4-6-26-10-12/h4,6,10,13-15H,2-3,5,7-9,11H2,1H3,(H,20,25)(H,21,22,23)/t13-,14+,15+,19+/m0/s1. The molecule has 3 saturated heterocycles. The molecule has 3 aliphatic heterocycles. The molecule has 0 aliphatic carbocycles. The van der Waals surface area contributed by atoms with Crippen LogP contribution in [0, 0.1) is 11.8 Å². The number of likely N-dealkylation sites (tertiary alicyclic amines) is 1. The fraction of sp³-hybridized carbons (Fsp3) is 0.632. The summed E-state index contributed by atoms with van der Waals surface area (Å²) in [6.07, 6.45) is 6.30. The van der Waals surface area contributed by atoms with Crippen molar-refractivity contribution in [3.8, 4) is 0 Å². The number of H-pyrrole nitrogens is 1. The molecule has 2 N–H and O–H groups in total. The maximum Gasteiger partial charge on any atom is 0.254 e. The lowest BCUT2D eigenvalue weighted by atomic mass is 9.73. The van der Waals surface area contributed by atoms with Crippen LogP contribution in [0.15, 0.2) is 23.0 Å². The van der Waals surface area contributed by atoms with Gasteiger partial charge in [-0.25, -0.2) is 4.98 Å². The first-order chi connectivity index (χ1) is 13.2. The largest absolute Gasteiger partial charge is 0.472 e. The van der Waals surface area contributed by atoms with Crippen molar-refractivity contribution in [1.29, 1.82) is 0 Å². The van der Waals surface area contributed by atoms with Crippen molar-refractivity contribution in [2.24, 2.45) is 11.8 Å². The Morgan fingerprint density at radius 2 is 2.44 bits per heavy atom. The highest BCUT2D eigenvalue weighted by molar-refractivity contribution is 5.93. The SMILES string of the molecule is CCc1n[nH]c(CN2C[C@@H]3[C@H](CNC(=O)c4ccoc4)[C@H]4CC[C@]3(C2)O4)n1. The Bertz CT molecular complexity index is 819. The number of aryl methyl sites for hydroxylation is 1. The van der Waals surface area contributed by atoms with Crippen LogP contribution in [0.1, 0.15) is 41.8 Å². The van der Waals surface area contributed by atoms with Gasteiger partial charge in [0.1, 0.15) is 17.9 Å².